The van der Waals surface area contributed by atoms with Crippen LogP contribution in [0.1, 0.15) is 5.56 Å². The van der Waals surface area contributed by atoms with E-state index >= 15 is 0 Å². The highest BCUT2D eigenvalue weighted by atomic mass is 16.4. The molecule has 1 rings (SSSR count). The Morgan fingerprint density at radius 1 is 1.28 bits per heavy atom. The maximum absolute atomic E-state index is 11.4. The summed E-state index contributed by atoms with van der Waals surface area (Å²) < 4.78 is 0. The van der Waals surface area contributed by atoms with E-state index in [0.717, 1.165) is 5.56 Å². The number of hydrogen-bond acceptors (Lipinski definition) is 3. The third-order valence-corrected chi connectivity index (χ3v) is 2.21. The van der Waals surface area contributed by atoms with Gasteiger partial charge in [-0.25, -0.2) is 14.6 Å². The van der Waals surface area contributed by atoms with Gasteiger partial charge in [-0.2, -0.15) is 0 Å². The third kappa shape index (κ3) is 4.84. The SMILES string of the molecule is CN(C)NC(=O)N[C@H](Cc1ccccc1)C(=O)O. The highest BCUT2D eigenvalue weighted by Crippen LogP contribution is 2.03. The van der Waals surface area contributed by atoms with Crippen LogP contribution in [0.15, 0.2) is 30.3 Å². The topological polar surface area (TPSA) is 81.7 Å². The molecule has 0 aliphatic heterocycles. The maximum atomic E-state index is 11.4. The molecule has 0 spiro atoms. The lowest BCUT2D eigenvalue weighted by Crippen LogP contribution is -2.50. The van der Waals surface area contributed by atoms with E-state index in [9.17, 15) is 9.59 Å². The summed E-state index contributed by atoms with van der Waals surface area (Å²) in [5.74, 6) is -1.06. The average molecular weight is 251 g/mol. The molecule has 0 bridgehead atoms. The molecule has 3 N–H and O–H groups in total. The minimum atomic E-state index is -1.06. The molecule has 0 radical (unpaired) electrons. The van der Waals surface area contributed by atoms with Gasteiger partial charge in [0, 0.05) is 20.5 Å². The number of carboxylic acid groups (broad SMARTS) is 1. The first-order valence-electron chi connectivity index (χ1n) is 5.50. The quantitative estimate of drug-likeness (QED) is 0.664. The van der Waals surface area contributed by atoms with E-state index in [4.69, 9.17) is 5.11 Å². The molecule has 1 aromatic carbocycles. The lowest BCUT2D eigenvalue weighted by Gasteiger charge is -2.17. The normalized spacial score (nSPS) is 11.9. The van der Waals surface area contributed by atoms with Gasteiger partial charge in [0.15, 0.2) is 0 Å². The van der Waals surface area contributed by atoms with Gasteiger partial charge < -0.3 is 10.4 Å². The number of carbonyl (C=O) groups excluding carboxylic acids is 1. The standard InChI is InChI=1S/C12H17N3O3/c1-15(2)14-12(18)13-10(11(16)17)8-9-6-4-3-5-7-9/h3-7,10H,8H2,1-2H3,(H,16,17)(H2,13,14,18)/t10-/m1/s1. The number of rotatable bonds is 5. The number of nitrogens with zero attached hydrogens (tertiary/aromatic N) is 1. The summed E-state index contributed by atoms with van der Waals surface area (Å²) >= 11 is 0. The summed E-state index contributed by atoms with van der Waals surface area (Å²) in [4.78, 5) is 22.5. The molecule has 6 nitrogen and oxygen atoms in total. The van der Waals surface area contributed by atoms with Gasteiger partial charge in [0.25, 0.3) is 0 Å². The zero-order valence-electron chi connectivity index (χ0n) is 10.4. The molecule has 18 heavy (non-hydrogen) atoms. The minimum absolute atomic E-state index is 0.247. The van der Waals surface area contributed by atoms with Crippen LogP contribution in [0.2, 0.25) is 0 Å². The van der Waals surface area contributed by atoms with Gasteiger partial charge >= 0.3 is 12.0 Å². The van der Waals surface area contributed by atoms with E-state index in [1.807, 2.05) is 30.3 Å². The fraction of sp³-hybridized carbons (Fsp3) is 0.333. The molecule has 0 saturated heterocycles. The van der Waals surface area contributed by atoms with Crippen molar-refractivity contribution in [2.45, 2.75) is 12.5 Å². The van der Waals surface area contributed by atoms with Crippen LogP contribution in [0.4, 0.5) is 4.79 Å². The van der Waals surface area contributed by atoms with E-state index < -0.39 is 18.0 Å². The maximum Gasteiger partial charge on any atom is 0.330 e. The summed E-state index contributed by atoms with van der Waals surface area (Å²) in [6, 6.07) is 7.66. The van der Waals surface area contributed by atoms with E-state index in [-0.39, 0.29) is 6.42 Å². The van der Waals surface area contributed by atoms with Crippen molar-refractivity contribution in [3.8, 4) is 0 Å². The zero-order chi connectivity index (χ0) is 13.5. The summed E-state index contributed by atoms with van der Waals surface area (Å²) in [6.45, 7) is 0. The number of urea groups is 1. The first-order chi connectivity index (χ1) is 8.49. The Balaban J connectivity index is 2.61. The molecule has 98 valence electrons. The first kappa shape index (κ1) is 14.0. The highest BCUT2D eigenvalue weighted by Gasteiger charge is 2.20. The number of amides is 2. The van der Waals surface area contributed by atoms with Gasteiger partial charge in [-0.15, -0.1) is 0 Å². The van der Waals surface area contributed by atoms with E-state index in [1.54, 1.807) is 14.1 Å². The zero-order valence-corrected chi connectivity index (χ0v) is 10.4. The minimum Gasteiger partial charge on any atom is -0.480 e. The molecule has 0 saturated carbocycles. The number of hydrogen-bond donors (Lipinski definition) is 3. The van der Waals surface area contributed by atoms with Crippen LogP contribution in [0.5, 0.6) is 0 Å². The van der Waals surface area contributed by atoms with Crippen LogP contribution in [-0.2, 0) is 11.2 Å². The van der Waals surface area contributed by atoms with Crippen LogP contribution < -0.4 is 10.7 Å². The van der Waals surface area contributed by atoms with Crippen LogP contribution >= 0.6 is 0 Å². The number of carbonyl (C=O) groups is 2. The number of benzene rings is 1. The summed E-state index contributed by atoms with van der Waals surface area (Å²) in [6.07, 6.45) is 0.247. The Hall–Kier alpha value is -2.08. The van der Waals surface area contributed by atoms with Crippen molar-refractivity contribution < 1.29 is 14.7 Å². The fourth-order valence-corrected chi connectivity index (χ4v) is 1.44. The number of hydrazine groups is 1. The largest absolute Gasteiger partial charge is 0.480 e. The second-order valence-corrected chi connectivity index (χ2v) is 4.06. The molecule has 0 aromatic heterocycles. The molecular weight excluding hydrogens is 234 g/mol. The highest BCUT2D eigenvalue weighted by molar-refractivity contribution is 5.82. The van der Waals surface area contributed by atoms with Crippen molar-refractivity contribution >= 4 is 12.0 Å². The predicted molar refractivity (Wildman–Crippen MR) is 66.9 cm³/mol. The predicted octanol–water partition coefficient (Wildman–Crippen LogP) is 0.458. The number of nitrogens with one attached hydrogen (secondary N) is 2. The summed E-state index contributed by atoms with van der Waals surface area (Å²) in [5.41, 5.74) is 3.29. The molecule has 0 aliphatic rings. The van der Waals surface area contributed by atoms with Crippen molar-refractivity contribution in [2.24, 2.45) is 0 Å². The molecule has 0 heterocycles. The smallest absolute Gasteiger partial charge is 0.330 e. The van der Waals surface area contributed by atoms with E-state index in [2.05, 4.69) is 10.7 Å². The molecule has 0 fully saturated rings. The van der Waals surface area contributed by atoms with Gasteiger partial charge in [-0.3, -0.25) is 5.43 Å². The van der Waals surface area contributed by atoms with Crippen molar-refractivity contribution in [1.29, 1.82) is 0 Å². The van der Waals surface area contributed by atoms with E-state index in [0.29, 0.717) is 0 Å². The van der Waals surface area contributed by atoms with Crippen molar-refractivity contribution in [1.82, 2.24) is 15.8 Å². The van der Waals surface area contributed by atoms with Crippen LogP contribution in [0.25, 0.3) is 0 Å². The Kier molecular flexibility index (Phi) is 5.13. The molecule has 2 amide bonds. The van der Waals surface area contributed by atoms with Gasteiger partial charge in [0.1, 0.15) is 6.04 Å². The van der Waals surface area contributed by atoms with Crippen molar-refractivity contribution in [3.63, 3.8) is 0 Å². The molecule has 6 heteroatoms. The van der Waals surface area contributed by atoms with Crippen LogP contribution in [0.3, 0.4) is 0 Å². The van der Waals surface area contributed by atoms with Gasteiger partial charge in [0.2, 0.25) is 0 Å². The van der Waals surface area contributed by atoms with E-state index in [1.165, 1.54) is 5.01 Å². The molecule has 0 unspecified atom stereocenters. The lowest BCUT2D eigenvalue weighted by molar-refractivity contribution is -0.139. The van der Waals surface area contributed by atoms with Gasteiger partial charge in [-0.1, -0.05) is 30.3 Å². The first-order valence-corrected chi connectivity index (χ1v) is 5.50. The Bertz CT molecular complexity index is 406. The summed E-state index contributed by atoms with van der Waals surface area (Å²) in [7, 11) is 3.29. The number of carboxylic acids is 1. The van der Waals surface area contributed by atoms with Gasteiger partial charge in [0.05, 0.1) is 0 Å². The van der Waals surface area contributed by atoms with Crippen LogP contribution in [-0.4, -0.2) is 42.3 Å². The fourth-order valence-electron chi connectivity index (χ4n) is 1.44. The van der Waals surface area contributed by atoms with Crippen molar-refractivity contribution in [2.75, 3.05) is 14.1 Å². The second-order valence-electron chi connectivity index (χ2n) is 4.06. The molecule has 0 aliphatic carbocycles. The molecular formula is C12H17N3O3. The Morgan fingerprint density at radius 3 is 2.39 bits per heavy atom. The van der Waals surface area contributed by atoms with Gasteiger partial charge in [-0.05, 0) is 5.56 Å². The Morgan fingerprint density at radius 2 is 1.89 bits per heavy atom. The number of aliphatic carboxylic acids is 1. The Labute approximate surface area is 106 Å². The van der Waals surface area contributed by atoms with Crippen molar-refractivity contribution in [3.05, 3.63) is 35.9 Å². The van der Waals surface area contributed by atoms with Crippen LogP contribution in [0, 0.1) is 0 Å². The third-order valence-electron chi connectivity index (χ3n) is 2.21. The molecule has 1 atom stereocenters. The molecule has 1 aromatic rings. The monoisotopic (exact) mass is 251 g/mol. The lowest BCUT2D eigenvalue weighted by atomic mass is 10.1. The summed E-state index contributed by atoms with van der Waals surface area (Å²) in [5, 5.41) is 12.9. The second kappa shape index (κ2) is 6.61. The average Bonchev–Trinajstić information content (AvgIpc) is 2.28.